The van der Waals surface area contributed by atoms with Crippen LogP contribution in [0.3, 0.4) is 0 Å². The summed E-state index contributed by atoms with van der Waals surface area (Å²) >= 11 is 0. The van der Waals surface area contributed by atoms with Gasteiger partial charge in [0.1, 0.15) is 0 Å². The molecule has 8 rings (SSSR count). The van der Waals surface area contributed by atoms with Gasteiger partial charge >= 0.3 is 0 Å². The zero-order valence-electron chi connectivity index (χ0n) is 22.6. The van der Waals surface area contributed by atoms with Crippen LogP contribution >= 0.6 is 0 Å². The van der Waals surface area contributed by atoms with Crippen molar-refractivity contribution >= 4 is 32.3 Å². The fourth-order valence-corrected chi connectivity index (χ4v) is 5.75. The highest BCUT2D eigenvalue weighted by Crippen LogP contribution is 2.37. The third-order valence-corrected chi connectivity index (χ3v) is 7.83. The number of benzene rings is 6. The molecule has 0 amide bonds. The molecule has 0 aliphatic carbocycles. The second kappa shape index (κ2) is 10.0. The Labute approximate surface area is 243 Å². The van der Waals surface area contributed by atoms with Crippen LogP contribution in [-0.2, 0) is 0 Å². The van der Waals surface area contributed by atoms with Gasteiger partial charge < -0.3 is 0 Å². The van der Waals surface area contributed by atoms with Crippen LogP contribution in [0.1, 0.15) is 0 Å². The number of pyridine rings is 1. The lowest BCUT2D eigenvalue weighted by Crippen LogP contribution is -2.00. The minimum atomic E-state index is 0.624. The van der Waals surface area contributed by atoms with Crippen molar-refractivity contribution in [3.8, 4) is 45.3 Å². The van der Waals surface area contributed by atoms with Gasteiger partial charge in [-0.25, -0.2) is 15.0 Å². The molecule has 0 aliphatic heterocycles. The fourth-order valence-electron chi connectivity index (χ4n) is 5.75. The van der Waals surface area contributed by atoms with E-state index in [4.69, 9.17) is 15.0 Å². The zero-order chi connectivity index (χ0) is 27.9. The zero-order valence-corrected chi connectivity index (χ0v) is 22.6. The van der Waals surface area contributed by atoms with Crippen LogP contribution in [0.5, 0.6) is 0 Å². The van der Waals surface area contributed by atoms with E-state index in [2.05, 4.69) is 96.0 Å². The second-order valence-corrected chi connectivity index (χ2v) is 10.3. The number of hydrogen-bond donors (Lipinski definition) is 0. The predicted octanol–water partition coefficient (Wildman–Crippen LogP) is 9.39. The molecule has 196 valence electrons. The van der Waals surface area contributed by atoms with Crippen molar-refractivity contribution in [2.45, 2.75) is 0 Å². The first-order valence-corrected chi connectivity index (χ1v) is 14.0. The summed E-state index contributed by atoms with van der Waals surface area (Å²) in [5, 5.41) is 7.65. The van der Waals surface area contributed by atoms with E-state index in [0.717, 1.165) is 22.3 Å². The Morgan fingerprint density at radius 1 is 0.286 bits per heavy atom. The Hall–Kier alpha value is -5.74. The fraction of sp³-hybridized carbons (Fsp3) is 0. The van der Waals surface area contributed by atoms with E-state index >= 15 is 0 Å². The van der Waals surface area contributed by atoms with Gasteiger partial charge in [-0.2, -0.15) is 0 Å². The van der Waals surface area contributed by atoms with Crippen LogP contribution in [0.15, 0.2) is 146 Å². The molecule has 0 radical (unpaired) electrons. The van der Waals surface area contributed by atoms with Crippen molar-refractivity contribution in [2.24, 2.45) is 0 Å². The first-order valence-electron chi connectivity index (χ1n) is 14.0. The van der Waals surface area contributed by atoms with Gasteiger partial charge in [-0.05, 0) is 61.6 Å². The SMILES string of the molecule is c1ccc(-c2nc(-c3ccncc3)nc(-c3ccc(-c4ccc5c6ccccc6c6ccccc6c5c4)cc3)n2)cc1. The van der Waals surface area contributed by atoms with Crippen LogP contribution in [-0.4, -0.2) is 19.9 Å². The molecule has 0 N–H and O–H groups in total. The number of aromatic nitrogens is 4. The number of rotatable bonds is 4. The maximum Gasteiger partial charge on any atom is 0.164 e. The smallest absolute Gasteiger partial charge is 0.164 e. The van der Waals surface area contributed by atoms with Gasteiger partial charge in [0.05, 0.1) is 0 Å². The maximum atomic E-state index is 4.87. The first kappa shape index (κ1) is 24.1. The van der Waals surface area contributed by atoms with Crippen LogP contribution in [0.4, 0.5) is 0 Å². The summed E-state index contributed by atoms with van der Waals surface area (Å²) < 4.78 is 0. The van der Waals surface area contributed by atoms with Gasteiger partial charge in [0, 0.05) is 29.1 Å². The Morgan fingerprint density at radius 2 is 0.690 bits per heavy atom. The third kappa shape index (κ3) is 4.18. The minimum Gasteiger partial charge on any atom is -0.265 e. The number of nitrogens with zero attached hydrogens (tertiary/aromatic N) is 4. The summed E-state index contributed by atoms with van der Waals surface area (Å²) in [7, 11) is 0. The molecule has 0 unspecified atom stereocenters. The average Bonchev–Trinajstić information content (AvgIpc) is 3.09. The van der Waals surface area contributed by atoms with Gasteiger partial charge in [0.25, 0.3) is 0 Å². The van der Waals surface area contributed by atoms with Gasteiger partial charge in [-0.3, -0.25) is 4.98 Å². The van der Waals surface area contributed by atoms with Crippen molar-refractivity contribution in [1.82, 2.24) is 19.9 Å². The summed E-state index contributed by atoms with van der Waals surface area (Å²) in [6.45, 7) is 0. The van der Waals surface area contributed by atoms with Crippen molar-refractivity contribution in [2.75, 3.05) is 0 Å². The highest BCUT2D eigenvalue weighted by molar-refractivity contribution is 6.25. The average molecular weight is 537 g/mol. The Kier molecular flexibility index (Phi) is 5.75. The molecule has 0 saturated carbocycles. The summed E-state index contributed by atoms with van der Waals surface area (Å²) in [4.78, 5) is 18.7. The molecule has 0 fully saturated rings. The Balaban J connectivity index is 1.23. The molecular formula is C38H24N4. The topological polar surface area (TPSA) is 51.6 Å². The molecule has 4 nitrogen and oxygen atoms in total. The summed E-state index contributed by atoms with van der Waals surface area (Å²) in [5.74, 6) is 1.90. The Bertz CT molecular complexity index is 2130. The summed E-state index contributed by atoms with van der Waals surface area (Å²) in [6.07, 6.45) is 3.51. The van der Waals surface area contributed by atoms with E-state index in [0.29, 0.717) is 17.5 Å². The number of fused-ring (bicyclic) bond motifs is 6. The Morgan fingerprint density at radius 3 is 1.26 bits per heavy atom. The lowest BCUT2D eigenvalue weighted by atomic mass is 9.92. The van der Waals surface area contributed by atoms with E-state index < -0.39 is 0 Å². The summed E-state index contributed by atoms with van der Waals surface area (Å²) in [6, 6.07) is 46.5. The van der Waals surface area contributed by atoms with Crippen molar-refractivity contribution in [3.05, 3.63) is 146 Å². The van der Waals surface area contributed by atoms with Gasteiger partial charge in [0.15, 0.2) is 17.5 Å². The lowest BCUT2D eigenvalue weighted by molar-refractivity contribution is 1.07. The van der Waals surface area contributed by atoms with Crippen LogP contribution in [0, 0.1) is 0 Å². The molecule has 0 bridgehead atoms. The van der Waals surface area contributed by atoms with Crippen LogP contribution in [0.25, 0.3) is 77.6 Å². The molecule has 0 spiro atoms. The standard InChI is InChI=1S/C38H24N4/c1-2-8-26(9-3-1)36-40-37(42-38(41-36)28-20-22-39-23-21-28)27-16-14-25(15-17-27)29-18-19-34-32-12-5-4-10-30(32)31-11-6-7-13-33(31)35(34)24-29/h1-24H. The molecule has 4 heteroatoms. The van der Waals surface area contributed by atoms with Crippen molar-refractivity contribution in [1.29, 1.82) is 0 Å². The monoisotopic (exact) mass is 536 g/mol. The van der Waals surface area contributed by atoms with Gasteiger partial charge in [0.2, 0.25) is 0 Å². The third-order valence-electron chi connectivity index (χ3n) is 7.83. The lowest BCUT2D eigenvalue weighted by Gasteiger charge is -2.12. The molecule has 8 aromatic rings. The van der Waals surface area contributed by atoms with E-state index in [1.54, 1.807) is 12.4 Å². The van der Waals surface area contributed by atoms with Crippen LogP contribution < -0.4 is 0 Å². The highest BCUT2D eigenvalue weighted by Gasteiger charge is 2.13. The highest BCUT2D eigenvalue weighted by atomic mass is 15.0. The van der Waals surface area contributed by atoms with Gasteiger partial charge in [-0.1, -0.05) is 115 Å². The molecule has 0 aliphatic rings. The second-order valence-electron chi connectivity index (χ2n) is 10.3. The van der Waals surface area contributed by atoms with E-state index in [-0.39, 0.29) is 0 Å². The molecule has 6 aromatic carbocycles. The van der Waals surface area contributed by atoms with E-state index in [1.807, 2.05) is 42.5 Å². The predicted molar refractivity (Wildman–Crippen MR) is 172 cm³/mol. The maximum absolute atomic E-state index is 4.87. The molecule has 0 saturated heterocycles. The minimum absolute atomic E-state index is 0.624. The van der Waals surface area contributed by atoms with Gasteiger partial charge in [-0.15, -0.1) is 0 Å². The van der Waals surface area contributed by atoms with Crippen molar-refractivity contribution < 1.29 is 0 Å². The van der Waals surface area contributed by atoms with Crippen LogP contribution in [0.2, 0.25) is 0 Å². The molecular weight excluding hydrogens is 512 g/mol. The molecule has 42 heavy (non-hydrogen) atoms. The largest absolute Gasteiger partial charge is 0.265 e. The van der Waals surface area contributed by atoms with Crippen molar-refractivity contribution in [3.63, 3.8) is 0 Å². The molecule has 2 heterocycles. The first-order chi connectivity index (χ1) is 20.8. The van der Waals surface area contributed by atoms with E-state index in [1.165, 1.54) is 37.9 Å². The number of hydrogen-bond acceptors (Lipinski definition) is 4. The van der Waals surface area contributed by atoms with E-state index in [9.17, 15) is 0 Å². The molecule has 2 aromatic heterocycles. The summed E-state index contributed by atoms with van der Waals surface area (Å²) in [5.41, 5.74) is 5.10. The normalized spacial score (nSPS) is 11.3. The quantitative estimate of drug-likeness (QED) is 0.210. The molecule has 0 atom stereocenters.